The van der Waals surface area contributed by atoms with E-state index in [9.17, 15) is 9.90 Å². The second kappa shape index (κ2) is 7.75. The summed E-state index contributed by atoms with van der Waals surface area (Å²) in [4.78, 5) is 12.7. The van der Waals surface area contributed by atoms with E-state index in [4.69, 9.17) is 4.42 Å². The van der Waals surface area contributed by atoms with Crippen molar-refractivity contribution in [2.75, 3.05) is 0 Å². The Morgan fingerprint density at radius 3 is 2.54 bits per heavy atom. The normalized spacial score (nSPS) is 12.4. The van der Waals surface area contributed by atoms with Gasteiger partial charge in [-0.05, 0) is 43.5 Å². The molecule has 0 amide bonds. The van der Waals surface area contributed by atoms with Gasteiger partial charge in [0.1, 0.15) is 12.3 Å². The molecule has 1 aromatic heterocycles. The van der Waals surface area contributed by atoms with E-state index < -0.39 is 0 Å². The number of hydrogen-bond donors (Lipinski definition) is 2. The number of benzene rings is 2. The van der Waals surface area contributed by atoms with Crippen molar-refractivity contribution in [3.05, 3.63) is 75.1 Å². The lowest BCUT2D eigenvalue weighted by Crippen LogP contribution is -2.87. The first kappa shape index (κ1) is 18.2. The molecule has 0 aliphatic rings. The average molecular weight is 352 g/mol. The SMILES string of the molecule is CC[C@@H](C)[NH2+]Cc1c(O)ccc2c(C)c(Cc3ccccc3)c(=O)oc12. The highest BCUT2D eigenvalue weighted by Crippen LogP contribution is 2.29. The first-order valence-electron chi connectivity index (χ1n) is 9.15. The number of hydrogen-bond acceptors (Lipinski definition) is 3. The van der Waals surface area contributed by atoms with Gasteiger partial charge in [-0.2, -0.15) is 0 Å². The van der Waals surface area contributed by atoms with E-state index in [1.165, 1.54) is 0 Å². The fourth-order valence-corrected chi connectivity index (χ4v) is 3.19. The van der Waals surface area contributed by atoms with Gasteiger partial charge in [0.15, 0.2) is 5.58 Å². The van der Waals surface area contributed by atoms with Gasteiger partial charge in [-0.15, -0.1) is 0 Å². The molecule has 0 unspecified atom stereocenters. The predicted molar refractivity (Wildman–Crippen MR) is 104 cm³/mol. The maximum absolute atomic E-state index is 12.7. The van der Waals surface area contributed by atoms with E-state index in [-0.39, 0.29) is 11.4 Å². The van der Waals surface area contributed by atoms with E-state index in [1.54, 1.807) is 6.07 Å². The van der Waals surface area contributed by atoms with Crippen LogP contribution in [0.25, 0.3) is 11.0 Å². The van der Waals surface area contributed by atoms with Crippen LogP contribution < -0.4 is 10.9 Å². The number of aromatic hydroxyl groups is 1. The molecule has 136 valence electrons. The third-order valence-electron chi connectivity index (χ3n) is 5.13. The van der Waals surface area contributed by atoms with E-state index >= 15 is 0 Å². The molecule has 0 saturated carbocycles. The Bertz CT molecular complexity index is 961. The Hall–Kier alpha value is -2.59. The highest BCUT2D eigenvalue weighted by molar-refractivity contribution is 5.85. The first-order chi connectivity index (χ1) is 12.5. The molecule has 0 aliphatic heterocycles. The molecule has 2 aromatic carbocycles. The molecule has 0 bridgehead atoms. The van der Waals surface area contributed by atoms with Crippen LogP contribution in [0.5, 0.6) is 5.75 Å². The summed E-state index contributed by atoms with van der Waals surface area (Å²) in [7, 11) is 0. The lowest BCUT2D eigenvalue weighted by atomic mass is 9.98. The molecule has 0 aliphatic carbocycles. The first-order valence-corrected chi connectivity index (χ1v) is 9.15. The van der Waals surface area contributed by atoms with Crippen molar-refractivity contribution < 1.29 is 14.8 Å². The number of quaternary nitrogens is 1. The van der Waals surface area contributed by atoms with Crippen LogP contribution in [0.4, 0.5) is 0 Å². The van der Waals surface area contributed by atoms with Gasteiger partial charge in [-0.1, -0.05) is 37.3 Å². The second-order valence-electron chi connectivity index (χ2n) is 6.92. The zero-order chi connectivity index (χ0) is 18.7. The summed E-state index contributed by atoms with van der Waals surface area (Å²) in [5.41, 5.74) is 3.54. The quantitative estimate of drug-likeness (QED) is 0.669. The zero-order valence-corrected chi connectivity index (χ0v) is 15.6. The monoisotopic (exact) mass is 352 g/mol. The van der Waals surface area contributed by atoms with E-state index in [2.05, 4.69) is 19.2 Å². The van der Waals surface area contributed by atoms with Crippen molar-refractivity contribution in [1.29, 1.82) is 0 Å². The molecule has 3 N–H and O–H groups in total. The smallest absolute Gasteiger partial charge is 0.340 e. The Morgan fingerprint density at radius 2 is 1.85 bits per heavy atom. The van der Waals surface area contributed by atoms with Crippen molar-refractivity contribution >= 4 is 11.0 Å². The molecule has 4 heteroatoms. The van der Waals surface area contributed by atoms with Gasteiger partial charge >= 0.3 is 5.63 Å². The minimum atomic E-state index is -0.325. The van der Waals surface area contributed by atoms with Crippen molar-refractivity contribution in [2.45, 2.75) is 46.2 Å². The highest BCUT2D eigenvalue weighted by atomic mass is 16.4. The lowest BCUT2D eigenvalue weighted by molar-refractivity contribution is -0.701. The minimum absolute atomic E-state index is 0.176. The Labute approximate surface area is 153 Å². The Balaban J connectivity index is 2.07. The maximum atomic E-state index is 12.7. The molecular weight excluding hydrogens is 326 g/mol. The van der Waals surface area contributed by atoms with E-state index in [1.807, 2.05) is 43.3 Å². The average Bonchev–Trinajstić information content (AvgIpc) is 2.65. The number of fused-ring (bicyclic) bond motifs is 1. The standard InChI is InChI=1S/C22H25NO3/c1-4-14(2)23-13-19-20(24)11-10-17-15(3)18(22(25)26-21(17)19)12-16-8-6-5-7-9-16/h5-11,14,23-24H,4,12-13H2,1-3H3/p+1/t14-/m1/s1. The summed E-state index contributed by atoms with van der Waals surface area (Å²) >= 11 is 0. The summed E-state index contributed by atoms with van der Waals surface area (Å²) in [6.45, 7) is 6.81. The number of phenols is 1. The zero-order valence-electron chi connectivity index (χ0n) is 15.6. The molecule has 3 rings (SSSR count). The molecule has 3 aromatic rings. The number of phenolic OH excluding ortho intramolecular Hbond substituents is 1. The fourth-order valence-electron chi connectivity index (χ4n) is 3.19. The third-order valence-corrected chi connectivity index (χ3v) is 5.13. The van der Waals surface area contributed by atoms with Gasteiger partial charge in [-0.3, -0.25) is 0 Å². The molecule has 0 fully saturated rings. The second-order valence-corrected chi connectivity index (χ2v) is 6.92. The molecule has 26 heavy (non-hydrogen) atoms. The summed E-state index contributed by atoms with van der Waals surface area (Å²) < 4.78 is 5.69. The summed E-state index contributed by atoms with van der Waals surface area (Å²) in [5, 5.41) is 13.3. The fraction of sp³-hybridized carbons (Fsp3) is 0.318. The van der Waals surface area contributed by atoms with Crippen LogP contribution in [-0.4, -0.2) is 11.1 Å². The Kier molecular flexibility index (Phi) is 5.43. The van der Waals surface area contributed by atoms with Crippen molar-refractivity contribution in [1.82, 2.24) is 0 Å². The van der Waals surface area contributed by atoms with Crippen molar-refractivity contribution in [3.63, 3.8) is 0 Å². The summed E-state index contributed by atoms with van der Waals surface area (Å²) in [6.07, 6.45) is 1.58. The number of aryl methyl sites for hydroxylation is 1. The van der Waals surface area contributed by atoms with Crippen LogP contribution in [0, 0.1) is 6.92 Å². The van der Waals surface area contributed by atoms with E-state index in [0.29, 0.717) is 35.7 Å². The van der Waals surface area contributed by atoms with Gasteiger partial charge in [0, 0.05) is 17.4 Å². The minimum Gasteiger partial charge on any atom is -0.507 e. The van der Waals surface area contributed by atoms with Gasteiger partial charge in [0.05, 0.1) is 11.6 Å². The number of rotatable bonds is 6. The highest BCUT2D eigenvalue weighted by Gasteiger charge is 2.18. The molecule has 0 saturated heterocycles. The van der Waals surface area contributed by atoms with Gasteiger partial charge in [0.2, 0.25) is 0 Å². The van der Waals surface area contributed by atoms with Crippen molar-refractivity contribution in [3.8, 4) is 5.75 Å². The summed E-state index contributed by atoms with van der Waals surface area (Å²) in [5.74, 6) is 0.176. The van der Waals surface area contributed by atoms with Crippen LogP contribution in [0.15, 0.2) is 51.7 Å². The van der Waals surface area contributed by atoms with Crippen LogP contribution in [-0.2, 0) is 13.0 Å². The van der Waals surface area contributed by atoms with E-state index in [0.717, 1.165) is 22.9 Å². The van der Waals surface area contributed by atoms with Gasteiger partial charge < -0.3 is 14.8 Å². The third kappa shape index (κ3) is 3.65. The summed E-state index contributed by atoms with van der Waals surface area (Å²) in [6, 6.07) is 13.9. The molecular formula is C22H26NO3+. The topological polar surface area (TPSA) is 67.1 Å². The molecule has 4 nitrogen and oxygen atoms in total. The van der Waals surface area contributed by atoms with Gasteiger partial charge in [0.25, 0.3) is 0 Å². The molecule has 1 heterocycles. The van der Waals surface area contributed by atoms with Crippen LogP contribution >= 0.6 is 0 Å². The lowest BCUT2D eigenvalue weighted by Gasteiger charge is -2.13. The van der Waals surface area contributed by atoms with Gasteiger partial charge in [-0.25, -0.2) is 4.79 Å². The maximum Gasteiger partial charge on any atom is 0.340 e. The van der Waals surface area contributed by atoms with Crippen LogP contribution in [0.3, 0.4) is 0 Å². The van der Waals surface area contributed by atoms with Crippen LogP contribution in [0.2, 0.25) is 0 Å². The van der Waals surface area contributed by atoms with Crippen LogP contribution in [0.1, 0.15) is 42.5 Å². The Morgan fingerprint density at radius 1 is 1.12 bits per heavy atom. The largest absolute Gasteiger partial charge is 0.507 e. The predicted octanol–water partition coefficient (Wildman–Crippen LogP) is 3.26. The molecule has 0 radical (unpaired) electrons. The molecule has 0 spiro atoms. The van der Waals surface area contributed by atoms with Crippen molar-refractivity contribution in [2.24, 2.45) is 0 Å². The number of nitrogens with two attached hydrogens (primary N) is 1. The molecule has 1 atom stereocenters.